The number of thiazole rings is 1. The maximum Gasteiger partial charge on any atom is 0.346 e. The van der Waals surface area contributed by atoms with Crippen molar-refractivity contribution >= 4 is 23.1 Å². The minimum atomic E-state index is -0.122. The highest BCUT2D eigenvalue weighted by molar-refractivity contribution is 7.09. The third-order valence-electron chi connectivity index (χ3n) is 3.98. The van der Waals surface area contributed by atoms with Gasteiger partial charge in [-0.15, -0.1) is 11.3 Å². The van der Waals surface area contributed by atoms with Crippen LogP contribution in [0.3, 0.4) is 0 Å². The van der Waals surface area contributed by atoms with Crippen molar-refractivity contribution in [3.8, 4) is 5.69 Å². The Bertz CT molecular complexity index is 752. The monoisotopic (exact) mass is 330 g/mol. The van der Waals surface area contributed by atoms with Gasteiger partial charge in [-0.1, -0.05) is 0 Å². The number of hydrogen-bond acceptors (Lipinski definition) is 3. The first-order chi connectivity index (χ1) is 11.0. The van der Waals surface area contributed by atoms with Crippen molar-refractivity contribution in [3.63, 3.8) is 0 Å². The summed E-state index contributed by atoms with van der Waals surface area (Å²) >= 11 is 1.55. The molecule has 0 saturated carbocycles. The summed E-state index contributed by atoms with van der Waals surface area (Å²) in [6.07, 6.45) is 4.19. The van der Waals surface area contributed by atoms with Gasteiger partial charge in [0.05, 0.1) is 0 Å². The molecule has 0 unspecified atom stereocenters. The number of anilines is 1. The van der Waals surface area contributed by atoms with Crippen LogP contribution >= 0.6 is 11.3 Å². The lowest BCUT2D eigenvalue weighted by Gasteiger charge is -2.13. The van der Waals surface area contributed by atoms with E-state index < -0.39 is 0 Å². The fourth-order valence-electron chi connectivity index (χ4n) is 2.69. The molecular weight excluding hydrogens is 308 g/mol. The summed E-state index contributed by atoms with van der Waals surface area (Å²) in [6, 6.07) is 8.13. The molecule has 0 radical (unpaired) electrons. The van der Waals surface area contributed by atoms with Crippen molar-refractivity contribution in [2.45, 2.75) is 19.8 Å². The lowest BCUT2D eigenvalue weighted by molar-refractivity contribution is 0.218. The average molecular weight is 330 g/mol. The highest BCUT2D eigenvalue weighted by atomic mass is 32.1. The number of carbonyl (C=O) groups is 1. The molecule has 2 amide bonds. The molecular formula is C17H22N4OS. The van der Waals surface area contributed by atoms with Crippen molar-refractivity contribution in [1.82, 2.24) is 9.47 Å². The van der Waals surface area contributed by atoms with Crippen molar-refractivity contribution in [2.75, 3.05) is 32.1 Å². The van der Waals surface area contributed by atoms with Crippen molar-refractivity contribution in [2.24, 2.45) is 4.99 Å². The molecule has 1 aliphatic heterocycles. The van der Waals surface area contributed by atoms with E-state index in [1.54, 1.807) is 11.3 Å². The molecule has 1 fully saturated rings. The number of amides is 2. The van der Waals surface area contributed by atoms with E-state index in [1.807, 2.05) is 36.7 Å². The molecule has 5 nitrogen and oxygen atoms in total. The number of aromatic nitrogens is 1. The van der Waals surface area contributed by atoms with Crippen LogP contribution in [0.4, 0.5) is 10.5 Å². The average Bonchev–Trinajstić information content (AvgIpc) is 3.17. The highest BCUT2D eigenvalue weighted by Gasteiger charge is 2.17. The predicted octanol–water partition coefficient (Wildman–Crippen LogP) is 3.03. The Morgan fingerprint density at radius 1 is 1.17 bits per heavy atom. The normalized spacial score (nSPS) is 15.3. The Kier molecular flexibility index (Phi) is 4.52. The second kappa shape index (κ2) is 6.58. The van der Waals surface area contributed by atoms with Gasteiger partial charge in [0.15, 0.2) is 4.80 Å². The summed E-state index contributed by atoms with van der Waals surface area (Å²) < 4.78 is 1.99. The number of hydrogen-bond donors (Lipinski definition) is 0. The fourth-order valence-corrected chi connectivity index (χ4v) is 3.52. The maximum atomic E-state index is 12.3. The van der Waals surface area contributed by atoms with Crippen molar-refractivity contribution < 1.29 is 4.79 Å². The van der Waals surface area contributed by atoms with Gasteiger partial charge >= 0.3 is 6.03 Å². The van der Waals surface area contributed by atoms with Crippen LogP contribution in [0.25, 0.3) is 5.69 Å². The van der Waals surface area contributed by atoms with E-state index in [-0.39, 0.29) is 6.03 Å². The third kappa shape index (κ3) is 3.47. The summed E-state index contributed by atoms with van der Waals surface area (Å²) in [7, 11) is 4.04. The topological polar surface area (TPSA) is 40.8 Å². The summed E-state index contributed by atoms with van der Waals surface area (Å²) in [5.74, 6) is 0. The van der Waals surface area contributed by atoms with Crippen LogP contribution in [0, 0.1) is 6.92 Å². The van der Waals surface area contributed by atoms with Crippen LogP contribution in [-0.4, -0.2) is 42.7 Å². The van der Waals surface area contributed by atoms with Gasteiger partial charge in [0.25, 0.3) is 0 Å². The molecule has 6 heteroatoms. The molecule has 1 aromatic carbocycles. The molecule has 0 spiro atoms. The van der Waals surface area contributed by atoms with E-state index in [2.05, 4.69) is 34.2 Å². The van der Waals surface area contributed by atoms with E-state index in [9.17, 15) is 4.79 Å². The standard InChI is InChI=1S/C17H22N4OS/c1-13-12-21(15-8-6-14(7-9-15)19(2)3)17(23-13)18-16(22)20-10-4-5-11-20/h6-9,12H,4-5,10-11H2,1-3H3. The number of aryl methyl sites for hydroxylation is 1. The largest absolute Gasteiger partial charge is 0.378 e. The molecule has 0 aliphatic carbocycles. The zero-order valence-corrected chi connectivity index (χ0v) is 14.6. The molecule has 2 aromatic rings. The van der Waals surface area contributed by atoms with Gasteiger partial charge in [-0.2, -0.15) is 4.99 Å². The summed E-state index contributed by atoms with van der Waals surface area (Å²) in [4.78, 5) is 22.4. The van der Waals surface area contributed by atoms with E-state index in [1.165, 1.54) is 0 Å². The Morgan fingerprint density at radius 3 is 2.43 bits per heavy atom. The fraction of sp³-hybridized carbons (Fsp3) is 0.412. The second-order valence-corrected chi connectivity index (χ2v) is 7.21. The van der Waals surface area contributed by atoms with Crippen LogP contribution in [0.1, 0.15) is 17.7 Å². The van der Waals surface area contributed by atoms with Crippen LogP contribution in [0.15, 0.2) is 35.5 Å². The third-order valence-corrected chi connectivity index (χ3v) is 4.88. The van der Waals surface area contributed by atoms with Crippen LogP contribution in [-0.2, 0) is 0 Å². The Hall–Kier alpha value is -2.08. The van der Waals surface area contributed by atoms with E-state index in [0.717, 1.165) is 47.0 Å². The first kappa shape index (κ1) is 15.8. The van der Waals surface area contributed by atoms with Crippen LogP contribution in [0.5, 0.6) is 0 Å². The molecule has 0 N–H and O–H groups in total. The number of nitrogens with zero attached hydrogens (tertiary/aromatic N) is 4. The molecule has 23 heavy (non-hydrogen) atoms. The van der Waals surface area contributed by atoms with Crippen molar-refractivity contribution in [3.05, 3.63) is 40.1 Å². The van der Waals surface area contributed by atoms with Gasteiger partial charge in [0.1, 0.15) is 0 Å². The number of urea groups is 1. The Morgan fingerprint density at radius 2 is 1.83 bits per heavy atom. The summed E-state index contributed by atoms with van der Waals surface area (Å²) in [5.41, 5.74) is 2.17. The van der Waals surface area contributed by atoms with Crippen molar-refractivity contribution in [1.29, 1.82) is 0 Å². The minimum absolute atomic E-state index is 0.122. The molecule has 2 heterocycles. The molecule has 3 rings (SSSR count). The van der Waals surface area contributed by atoms with Gasteiger partial charge in [-0.3, -0.25) is 4.57 Å². The zero-order valence-electron chi connectivity index (χ0n) is 13.8. The lowest BCUT2D eigenvalue weighted by atomic mass is 10.2. The quantitative estimate of drug-likeness (QED) is 0.849. The van der Waals surface area contributed by atoms with E-state index in [0.29, 0.717) is 0 Å². The molecule has 1 saturated heterocycles. The van der Waals surface area contributed by atoms with E-state index in [4.69, 9.17) is 0 Å². The SMILES string of the molecule is Cc1cn(-c2ccc(N(C)C)cc2)c(=NC(=O)N2CCCC2)s1. The van der Waals surface area contributed by atoms with Gasteiger partial charge in [0, 0.05) is 49.6 Å². The van der Waals surface area contributed by atoms with Gasteiger partial charge in [-0.25, -0.2) is 4.79 Å². The number of benzene rings is 1. The summed E-state index contributed by atoms with van der Waals surface area (Å²) in [6.45, 7) is 3.68. The van der Waals surface area contributed by atoms with Crippen LogP contribution in [0.2, 0.25) is 0 Å². The minimum Gasteiger partial charge on any atom is -0.378 e. The molecule has 0 atom stereocenters. The lowest BCUT2D eigenvalue weighted by Crippen LogP contribution is -2.27. The van der Waals surface area contributed by atoms with Gasteiger partial charge < -0.3 is 9.80 Å². The highest BCUT2D eigenvalue weighted by Crippen LogP contribution is 2.16. The predicted molar refractivity (Wildman–Crippen MR) is 94.5 cm³/mol. The van der Waals surface area contributed by atoms with Crippen LogP contribution < -0.4 is 9.70 Å². The first-order valence-electron chi connectivity index (χ1n) is 7.85. The molecule has 1 aliphatic rings. The number of carbonyl (C=O) groups excluding carboxylic acids is 1. The molecule has 0 bridgehead atoms. The van der Waals surface area contributed by atoms with Gasteiger partial charge in [-0.05, 0) is 44.0 Å². The Balaban J connectivity index is 1.95. The number of likely N-dealkylation sites (tertiary alicyclic amines) is 1. The smallest absolute Gasteiger partial charge is 0.346 e. The molecule has 1 aromatic heterocycles. The first-order valence-corrected chi connectivity index (χ1v) is 8.67. The number of rotatable bonds is 2. The van der Waals surface area contributed by atoms with E-state index >= 15 is 0 Å². The maximum absolute atomic E-state index is 12.3. The van der Waals surface area contributed by atoms with Gasteiger partial charge in [0.2, 0.25) is 0 Å². The summed E-state index contributed by atoms with van der Waals surface area (Å²) in [5, 5.41) is 0. The second-order valence-electron chi connectivity index (χ2n) is 5.99. The molecule has 122 valence electrons. The Labute approximate surface area is 140 Å². The zero-order chi connectivity index (χ0) is 16.4.